The number of ether oxygens (including phenoxy) is 2. The van der Waals surface area contributed by atoms with Crippen molar-refractivity contribution in [3.63, 3.8) is 0 Å². The largest absolute Gasteiger partial charge is 0.486 e. The van der Waals surface area contributed by atoms with E-state index in [-0.39, 0.29) is 0 Å². The Labute approximate surface area is 129 Å². The lowest BCUT2D eigenvalue weighted by molar-refractivity contribution is 0.168. The van der Waals surface area contributed by atoms with Gasteiger partial charge in [-0.25, -0.2) is 0 Å². The van der Waals surface area contributed by atoms with Crippen molar-refractivity contribution < 1.29 is 9.47 Å². The van der Waals surface area contributed by atoms with E-state index in [0.29, 0.717) is 19.3 Å². The molecule has 1 aliphatic heterocycles. The molecule has 3 heteroatoms. The molecule has 2 rings (SSSR count). The molecule has 0 saturated carbocycles. The SMILES string of the molecule is CCCNC(CCCC(C)C)c1cccc2c1OCCO2. The van der Waals surface area contributed by atoms with Gasteiger partial charge < -0.3 is 14.8 Å². The minimum absolute atomic E-state index is 0.361. The molecule has 0 radical (unpaired) electrons. The number of hydrogen-bond acceptors (Lipinski definition) is 3. The average Bonchev–Trinajstić information content (AvgIpc) is 2.50. The molecule has 118 valence electrons. The van der Waals surface area contributed by atoms with Gasteiger partial charge >= 0.3 is 0 Å². The molecule has 0 aromatic heterocycles. The summed E-state index contributed by atoms with van der Waals surface area (Å²) in [5.41, 5.74) is 1.25. The second kappa shape index (κ2) is 8.28. The molecular formula is C18H29NO2. The van der Waals surface area contributed by atoms with Crippen LogP contribution in [0.4, 0.5) is 0 Å². The van der Waals surface area contributed by atoms with E-state index < -0.39 is 0 Å². The van der Waals surface area contributed by atoms with E-state index >= 15 is 0 Å². The maximum atomic E-state index is 5.88. The molecule has 1 aliphatic rings. The maximum absolute atomic E-state index is 5.88. The van der Waals surface area contributed by atoms with Crippen molar-refractivity contribution in [2.75, 3.05) is 19.8 Å². The molecule has 21 heavy (non-hydrogen) atoms. The fourth-order valence-electron chi connectivity index (χ4n) is 2.79. The predicted molar refractivity (Wildman–Crippen MR) is 87.2 cm³/mol. The number of hydrogen-bond donors (Lipinski definition) is 1. The number of para-hydroxylation sites is 1. The molecule has 0 bridgehead atoms. The summed E-state index contributed by atoms with van der Waals surface area (Å²) in [6, 6.07) is 6.62. The summed E-state index contributed by atoms with van der Waals surface area (Å²) >= 11 is 0. The van der Waals surface area contributed by atoms with Crippen LogP contribution in [0.25, 0.3) is 0 Å². The third-order valence-electron chi connectivity index (χ3n) is 3.89. The van der Waals surface area contributed by atoms with Crippen LogP contribution in [-0.4, -0.2) is 19.8 Å². The van der Waals surface area contributed by atoms with Crippen LogP contribution in [0.1, 0.15) is 58.1 Å². The summed E-state index contributed by atoms with van der Waals surface area (Å²) in [5.74, 6) is 2.61. The van der Waals surface area contributed by atoms with Gasteiger partial charge in [-0.15, -0.1) is 0 Å². The van der Waals surface area contributed by atoms with Gasteiger partial charge in [-0.1, -0.05) is 45.7 Å². The average molecular weight is 291 g/mol. The van der Waals surface area contributed by atoms with Crippen LogP contribution in [0.2, 0.25) is 0 Å². The molecule has 3 nitrogen and oxygen atoms in total. The van der Waals surface area contributed by atoms with Crippen molar-refractivity contribution >= 4 is 0 Å². The van der Waals surface area contributed by atoms with Crippen LogP contribution in [0.5, 0.6) is 11.5 Å². The van der Waals surface area contributed by atoms with Crippen molar-refractivity contribution in [2.45, 2.75) is 52.5 Å². The first-order chi connectivity index (χ1) is 10.2. The first-order valence-electron chi connectivity index (χ1n) is 8.34. The predicted octanol–water partition coefficient (Wildman–Crippen LogP) is 4.32. The summed E-state index contributed by atoms with van der Waals surface area (Å²) in [5, 5.41) is 3.67. The van der Waals surface area contributed by atoms with Gasteiger partial charge in [0.15, 0.2) is 11.5 Å². The smallest absolute Gasteiger partial charge is 0.166 e. The highest BCUT2D eigenvalue weighted by atomic mass is 16.6. The van der Waals surface area contributed by atoms with Gasteiger partial charge in [0.2, 0.25) is 0 Å². The van der Waals surface area contributed by atoms with Crippen LogP contribution in [0.3, 0.4) is 0 Å². The Morgan fingerprint density at radius 2 is 1.95 bits per heavy atom. The van der Waals surface area contributed by atoms with E-state index in [1.165, 1.54) is 18.4 Å². The van der Waals surface area contributed by atoms with Crippen molar-refractivity contribution in [3.8, 4) is 11.5 Å². The Morgan fingerprint density at radius 3 is 2.71 bits per heavy atom. The molecule has 0 spiro atoms. The van der Waals surface area contributed by atoms with Crippen LogP contribution >= 0.6 is 0 Å². The van der Waals surface area contributed by atoms with E-state index in [2.05, 4.69) is 38.2 Å². The second-order valence-corrected chi connectivity index (χ2v) is 6.20. The number of rotatable bonds is 8. The summed E-state index contributed by atoms with van der Waals surface area (Å²) in [4.78, 5) is 0. The van der Waals surface area contributed by atoms with E-state index in [1.54, 1.807) is 0 Å². The normalized spacial score (nSPS) is 15.2. The Morgan fingerprint density at radius 1 is 1.14 bits per heavy atom. The number of nitrogens with one attached hydrogen (secondary N) is 1. The Hall–Kier alpha value is -1.22. The van der Waals surface area contributed by atoms with Gasteiger partial charge in [0, 0.05) is 11.6 Å². The second-order valence-electron chi connectivity index (χ2n) is 6.20. The lowest BCUT2D eigenvalue weighted by Crippen LogP contribution is -2.25. The molecule has 1 aromatic carbocycles. The maximum Gasteiger partial charge on any atom is 0.166 e. The summed E-state index contributed by atoms with van der Waals surface area (Å²) < 4.78 is 11.6. The first kappa shape index (κ1) is 16.2. The molecule has 1 atom stereocenters. The molecule has 0 aliphatic carbocycles. The molecule has 1 N–H and O–H groups in total. The van der Waals surface area contributed by atoms with Gasteiger partial charge in [0.1, 0.15) is 13.2 Å². The zero-order chi connectivity index (χ0) is 15.1. The molecule has 1 heterocycles. The minimum atomic E-state index is 0.361. The Balaban J connectivity index is 2.11. The fourth-order valence-corrected chi connectivity index (χ4v) is 2.79. The van der Waals surface area contributed by atoms with Gasteiger partial charge in [-0.05, 0) is 31.4 Å². The van der Waals surface area contributed by atoms with Crippen LogP contribution in [0, 0.1) is 5.92 Å². The zero-order valence-electron chi connectivity index (χ0n) is 13.7. The molecular weight excluding hydrogens is 262 g/mol. The van der Waals surface area contributed by atoms with Crippen molar-refractivity contribution in [2.24, 2.45) is 5.92 Å². The van der Waals surface area contributed by atoms with Gasteiger partial charge in [0.25, 0.3) is 0 Å². The van der Waals surface area contributed by atoms with E-state index in [9.17, 15) is 0 Å². The van der Waals surface area contributed by atoms with E-state index in [1.807, 2.05) is 6.07 Å². The van der Waals surface area contributed by atoms with Gasteiger partial charge in [-0.3, -0.25) is 0 Å². The standard InChI is InChI=1S/C18H29NO2/c1-4-11-19-16(9-5-7-14(2)3)15-8-6-10-17-18(15)21-13-12-20-17/h6,8,10,14,16,19H,4-5,7,9,11-13H2,1-3H3. The van der Waals surface area contributed by atoms with Crippen LogP contribution < -0.4 is 14.8 Å². The van der Waals surface area contributed by atoms with Crippen molar-refractivity contribution in [1.29, 1.82) is 0 Å². The topological polar surface area (TPSA) is 30.5 Å². The fraction of sp³-hybridized carbons (Fsp3) is 0.667. The van der Waals surface area contributed by atoms with E-state index in [0.717, 1.165) is 36.8 Å². The lowest BCUT2D eigenvalue weighted by Gasteiger charge is -2.26. The number of fused-ring (bicyclic) bond motifs is 1. The van der Waals surface area contributed by atoms with Crippen molar-refractivity contribution in [1.82, 2.24) is 5.32 Å². The first-order valence-corrected chi connectivity index (χ1v) is 8.34. The molecule has 0 amide bonds. The van der Waals surface area contributed by atoms with Crippen LogP contribution in [0.15, 0.2) is 18.2 Å². The van der Waals surface area contributed by atoms with Gasteiger partial charge in [0.05, 0.1) is 0 Å². The summed E-state index contributed by atoms with van der Waals surface area (Å²) in [6.07, 6.45) is 4.81. The Bertz CT molecular complexity index is 431. The molecule has 0 fully saturated rings. The highest BCUT2D eigenvalue weighted by Crippen LogP contribution is 2.38. The third kappa shape index (κ3) is 4.63. The molecule has 0 saturated heterocycles. The van der Waals surface area contributed by atoms with Crippen molar-refractivity contribution in [3.05, 3.63) is 23.8 Å². The van der Waals surface area contributed by atoms with E-state index in [4.69, 9.17) is 9.47 Å². The quantitative estimate of drug-likeness (QED) is 0.773. The van der Waals surface area contributed by atoms with Gasteiger partial charge in [-0.2, -0.15) is 0 Å². The monoisotopic (exact) mass is 291 g/mol. The Kier molecular flexibility index (Phi) is 6.37. The summed E-state index contributed by atoms with van der Waals surface area (Å²) in [7, 11) is 0. The minimum Gasteiger partial charge on any atom is -0.486 e. The molecule has 1 aromatic rings. The lowest BCUT2D eigenvalue weighted by atomic mass is 9.96. The zero-order valence-corrected chi connectivity index (χ0v) is 13.7. The number of benzene rings is 1. The highest BCUT2D eigenvalue weighted by molar-refractivity contribution is 5.48. The highest BCUT2D eigenvalue weighted by Gasteiger charge is 2.21. The van der Waals surface area contributed by atoms with Crippen LogP contribution in [-0.2, 0) is 0 Å². The molecule has 1 unspecified atom stereocenters. The third-order valence-corrected chi connectivity index (χ3v) is 3.89. The summed E-state index contributed by atoms with van der Waals surface area (Å²) in [6.45, 7) is 9.12.